The predicted octanol–water partition coefficient (Wildman–Crippen LogP) is 5.08. The van der Waals surface area contributed by atoms with Crippen molar-refractivity contribution in [1.29, 1.82) is 0 Å². The molecule has 3 aromatic rings. The summed E-state index contributed by atoms with van der Waals surface area (Å²) in [5.74, 6) is 0.423. The van der Waals surface area contributed by atoms with Gasteiger partial charge in [-0.3, -0.25) is 9.59 Å². The molecule has 0 spiro atoms. The molecule has 0 aliphatic heterocycles. The molecule has 0 bridgehead atoms. The Morgan fingerprint density at radius 1 is 0.947 bits per heavy atom. The molecule has 7 nitrogen and oxygen atoms in total. The number of halogens is 1. The van der Waals surface area contributed by atoms with Gasteiger partial charge in [-0.2, -0.15) is 5.10 Å². The molecule has 0 heterocycles. The molecule has 0 aliphatic carbocycles. The summed E-state index contributed by atoms with van der Waals surface area (Å²) < 4.78 is 24.4. The number of benzene rings is 3. The van der Waals surface area contributed by atoms with Gasteiger partial charge in [0.1, 0.15) is 30.0 Å². The van der Waals surface area contributed by atoms with E-state index >= 15 is 0 Å². The second kappa shape index (κ2) is 13.9. The van der Waals surface area contributed by atoms with Gasteiger partial charge in [0.05, 0.1) is 6.21 Å². The summed E-state index contributed by atoms with van der Waals surface area (Å²) in [4.78, 5) is 25.3. The van der Waals surface area contributed by atoms with Crippen molar-refractivity contribution in [3.05, 3.63) is 94.8 Å². The number of ether oxygens (including phenoxy) is 2. The van der Waals surface area contributed by atoms with Crippen molar-refractivity contribution in [2.24, 2.45) is 11.0 Å². The van der Waals surface area contributed by atoms with Crippen molar-refractivity contribution < 1.29 is 23.5 Å². The van der Waals surface area contributed by atoms with E-state index in [9.17, 15) is 14.0 Å². The topological polar surface area (TPSA) is 89.0 Å². The van der Waals surface area contributed by atoms with Crippen LogP contribution in [-0.2, 0) is 16.2 Å². The molecular weight excluding hydrogens is 485 g/mol. The van der Waals surface area contributed by atoms with Gasteiger partial charge < -0.3 is 14.8 Å². The third kappa shape index (κ3) is 9.03. The molecule has 0 aromatic heterocycles. The number of hydrogen-bond acceptors (Lipinski definition) is 5. The third-order valence-corrected chi connectivity index (χ3v) is 5.70. The van der Waals surface area contributed by atoms with E-state index in [-0.39, 0.29) is 24.2 Å². The second-order valence-corrected chi connectivity index (χ2v) is 9.48. The Balaban J connectivity index is 1.50. The van der Waals surface area contributed by atoms with Crippen molar-refractivity contribution in [3.8, 4) is 11.5 Å². The first-order valence-electron chi connectivity index (χ1n) is 12.5. The van der Waals surface area contributed by atoms with Crippen molar-refractivity contribution >= 4 is 18.0 Å². The second-order valence-electron chi connectivity index (χ2n) is 9.48. The van der Waals surface area contributed by atoms with Crippen LogP contribution in [0.3, 0.4) is 0 Å². The van der Waals surface area contributed by atoms with Crippen LogP contribution in [-0.4, -0.2) is 30.7 Å². The van der Waals surface area contributed by atoms with E-state index in [0.29, 0.717) is 24.5 Å². The SMILES string of the molecule is Cc1cccc(C)c1OCC(=O)N[C@@H](CC(C)C)C(=O)N/N=C\c1ccc(OCc2ccc(F)cc2)cc1. The molecule has 3 rings (SSSR count). The molecule has 2 N–H and O–H groups in total. The van der Waals surface area contributed by atoms with E-state index in [1.54, 1.807) is 36.4 Å². The first kappa shape index (κ1) is 28.4. The summed E-state index contributed by atoms with van der Waals surface area (Å²) in [5.41, 5.74) is 6.01. The molecule has 3 aromatic carbocycles. The number of carbonyl (C=O) groups excluding carboxylic acids is 2. The van der Waals surface area contributed by atoms with Crippen LogP contribution in [0, 0.1) is 25.6 Å². The van der Waals surface area contributed by atoms with Crippen molar-refractivity contribution in [3.63, 3.8) is 0 Å². The Morgan fingerprint density at radius 2 is 1.61 bits per heavy atom. The van der Waals surface area contributed by atoms with Crippen molar-refractivity contribution in [2.75, 3.05) is 6.61 Å². The number of carbonyl (C=O) groups is 2. The normalized spacial score (nSPS) is 11.8. The highest BCUT2D eigenvalue weighted by molar-refractivity contribution is 5.89. The highest BCUT2D eigenvalue weighted by atomic mass is 19.1. The molecule has 2 amide bonds. The number of aryl methyl sites for hydroxylation is 2. The zero-order valence-electron chi connectivity index (χ0n) is 22.2. The number of rotatable bonds is 12. The highest BCUT2D eigenvalue weighted by Crippen LogP contribution is 2.22. The molecule has 0 saturated carbocycles. The van der Waals surface area contributed by atoms with Crippen LogP contribution in [0.5, 0.6) is 11.5 Å². The van der Waals surface area contributed by atoms with Gasteiger partial charge in [0, 0.05) is 0 Å². The lowest BCUT2D eigenvalue weighted by Gasteiger charge is -2.19. The summed E-state index contributed by atoms with van der Waals surface area (Å²) in [6.07, 6.45) is 1.97. The number of nitrogens with one attached hydrogen (secondary N) is 2. The smallest absolute Gasteiger partial charge is 0.262 e. The average Bonchev–Trinajstić information content (AvgIpc) is 2.88. The number of hydrazone groups is 1. The monoisotopic (exact) mass is 519 g/mol. The maximum atomic E-state index is 13.0. The van der Waals surface area contributed by atoms with E-state index < -0.39 is 11.9 Å². The fourth-order valence-corrected chi connectivity index (χ4v) is 3.75. The summed E-state index contributed by atoms with van der Waals surface area (Å²) in [6, 6.07) is 18.3. The lowest BCUT2D eigenvalue weighted by atomic mass is 10.0. The fraction of sp³-hybridized carbons (Fsp3) is 0.300. The Kier molecular flexibility index (Phi) is 10.4. The zero-order chi connectivity index (χ0) is 27.5. The Hall–Kier alpha value is -4.20. The first-order chi connectivity index (χ1) is 18.2. The molecule has 0 aliphatic rings. The van der Waals surface area contributed by atoms with Gasteiger partial charge in [-0.05, 0) is 84.8 Å². The minimum Gasteiger partial charge on any atom is -0.489 e. The molecule has 0 fully saturated rings. The molecule has 0 unspecified atom stereocenters. The van der Waals surface area contributed by atoms with E-state index in [2.05, 4.69) is 15.8 Å². The minimum atomic E-state index is -0.747. The standard InChI is InChI=1S/C30H34FN3O4/c1-20(2)16-27(33-28(35)19-38-29-21(3)6-5-7-22(29)4)30(36)34-32-17-23-10-14-26(15-11-23)37-18-24-8-12-25(31)13-9-24/h5-15,17,20,27H,16,18-19H2,1-4H3,(H,33,35)(H,34,36)/b32-17-/t27-/m0/s1. The summed E-state index contributed by atoms with van der Waals surface area (Å²) in [7, 11) is 0. The molecule has 8 heteroatoms. The highest BCUT2D eigenvalue weighted by Gasteiger charge is 2.22. The number of hydrogen-bond donors (Lipinski definition) is 2. The van der Waals surface area contributed by atoms with Crippen LogP contribution in [0.15, 0.2) is 71.8 Å². The fourth-order valence-electron chi connectivity index (χ4n) is 3.75. The minimum absolute atomic E-state index is 0.178. The maximum absolute atomic E-state index is 13.0. The molecule has 1 atom stereocenters. The largest absolute Gasteiger partial charge is 0.489 e. The molecule has 0 radical (unpaired) electrons. The van der Waals surface area contributed by atoms with Gasteiger partial charge in [-0.1, -0.05) is 44.2 Å². The van der Waals surface area contributed by atoms with Gasteiger partial charge in [0.2, 0.25) is 0 Å². The quantitative estimate of drug-likeness (QED) is 0.258. The summed E-state index contributed by atoms with van der Waals surface area (Å²) in [5, 5.41) is 6.80. The van der Waals surface area contributed by atoms with E-state index in [1.165, 1.54) is 18.3 Å². The zero-order valence-corrected chi connectivity index (χ0v) is 22.2. The number of amides is 2. The van der Waals surface area contributed by atoms with E-state index in [0.717, 1.165) is 22.3 Å². The maximum Gasteiger partial charge on any atom is 0.262 e. The van der Waals surface area contributed by atoms with Crippen LogP contribution >= 0.6 is 0 Å². The van der Waals surface area contributed by atoms with Gasteiger partial charge in [-0.25, -0.2) is 9.82 Å². The Labute approximate surface area is 223 Å². The van der Waals surface area contributed by atoms with Crippen LogP contribution in [0.4, 0.5) is 4.39 Å². The Morgan fingerprint density at radius 3 is 2.24 bits per heavy atom. The summed E-state index contributed by atoms with van der Waals surface area (Å²) >= 11 is 0. The van der Waals surface area contributed by atoms with Crippen molar-refractivity contribution in [1.82, 2.24) is 10.7 Å². The van der Waals surface area contributed by atoms with Gasteiger partial charge >= 0.3 is 0 Å². The molecule has 38 heavy (non-hydrogen) atoms. The van der Waals surface area contributed by atoms with Gasteiger partial charge in [0.15, 0.2) is 6.61 Å². The molecular formula is C30H34FN3O4. The lowest BCUT2D eigenvalue weighted by Crippen LogP contribution is -2.47. The number of para-hydroxylation sites is 1. The van der Waals surface area contributed by atoms with Crippen LogP contribution in [0.1, 0.15) is 42.5 Å². The average molecular weight is 520 g/mol. The van der Waals surface area contributed by atoms with Crippen LogP contribution in [0.2, 0.25) is 0 Å². The first-order valence-corrected chi connectivity index (χ1v) is 12.5. The van der Waals surface area contributed by atoms with Crippen LogP contribution < -0.4 is 20.2 Å². The summed E-state index contributed by atoms with van der Waals surface area (Å²) in [6.45, 7) is 7.92. The third-order valence-electron chi connectivity index (χ3n) is 5.70. The predicted molar refractivity (Wildman–Crippen MR) is 146 cm³/mol. The van der Waals surface area contributed by atoms with Crippen LogP contribution in [0.25, 0.3) is 0 Å². The Bertz CT molecular complexity index is 1220. The molecule has 0 saturated heterocycles. The van der Waals surface area contributed by atoms with Gasteiger partial charge in [0.25, 0.3) is 11.8 Å². The van der Waals surface area contributed by atoms with Crippen molar-refractivity contribution in [2.45, 2.75) is 46.8 Å². The van der Waals surface area contributed by atoms with E-state index in [1.807, 2.05) is 45.9 Å². The van der Waals surface area contributed by atoms with E-state index in [4.69, 9.17) is 9.47 Å². The lowest BCUT2D eigenvalue weighted by molar-refractivity contribution is -0.130. The van der Waals surface area contributed by atoms with Gasteiger partial charge in [-0.15, -0.1) is 0 Å². The number of nitrogens with zero attached hydrogens (tertiary/aromatic N) is 1. The molecule has 200 valence electrons.